The summed E-state index contributed by atoms with van der Waals surface area (Å²) in [7, 11) is 3.55. The summed E-state index contributed by atoms with van der Waals surface area (Å²) in [5.41, 5.74) is 3.37. The van der Waals surface area contributed by atoms with Crippen molar-refractivity contribution in [1.29, 1.82) is 0 Å². The molecule has 0 aromatic heterocycles. The Kier molecular flexibility index (Phi) is 6.99. The topological polar surface area (TPSA) is 29.5 Å². The average Bonchev–Trinajstić information content (AvgIpc) is 2.77. The van der Waals surface area contributed by atoms with Crippen LogP contribution in [0.5, 0.6) is 0 Å². The standard InChI is InChI=1S/C25H27NO2/c1-26(25(27)19-24(28-2)22-16-10-5-11-17-22)23(21-14-8-4-9-15-21)18-20-12-6-3-7-13-20/h3-17,23-24H,18-19H2,1-2H3. The molecule has 0 aliphatic rings. The van der Waals surface area contributed by atoms with Gasteiger partial charge in [0.2, 0.25) is 5.91 Å². The number of methoxy groups -OCH3 is 1. The molecule has 2 unspecified atom stereocenters. The van der Waals surface area contributed by atoms with E-state index in [0.717, 1.165) is 17.5 Å². The molecule has 28 heavy (non-hydrogen) atoms. The molecule has 0 bridgehead atoms. The zero-order valence-corrected chi connectivity index (χ0v) is 16.5. The van der Waals surface area contributed by atoms with Gasteiger partial charge in [-0.05, 0) is 23.1 Å². The quantitative estimate of drug-likeness (QED) is 0.543. The van der Waals surface area contributed by atoms with Crippen molar-refractivity contribution in [2.24, 2.45) is 0 Å². The fourth-order valence-electron chi connectivity index (χ4n) is 3.47. The van der Waals surface area contributed by atoms with E-state index in [4.69, 9.17) is 4.74 Å². The number of nitrogens with zero attached hydrogens (tertiary/aromatic N) is 1. The highest BCUT2D eigenvalue weighted by Gasteiger charge is 2.25. The Bertz CT molecular complexity index is 849. The van der Waals surface area contributed by atoms with E-state index in [9.17, 15) is 4.79 Å². The highest BCUT2D eigenvalue weighted by molar-refractivity contribution is 5.77. The van der Waals surface area contributed by atoms with Crippen molar-refractivity contribution < 1.29 is 9.53 Å². The van der Waals surface area contributed by atoms with E-state index in [-0.39, 0.29) is 18.1 Å². The fraction of sp³-hybridized carbons (Fsp3) is 0.240. The van der Waals surface area contributed by atoms with Crippen LogP contribution in [0.2, 0.25) is 0 Å². The van der Waals surface area contributed by atoms with E-state index in [1.807, 2.05) is 78.7 Å². The maximum absolute atomic E-state index is 13.1. The average molecular weight is 373 g/mol. The minimum Gasteiger partial charge on any atom is -0.376 e. The van der Waals surface area contributed by atoms with E-state index in [0.29, 0.717) is 6.42 Å². The Morgan fingerprint density at radius 1 is 0.821 bits per heavy atom. The van der Waals surface area contributed by atoms with Crippen LogP contribution >= 0.6 is 0 Å². The molecule has 3 rings (SSSR count). The summed E-state index contributed by atoms with van der Waals surface area (Å²) in [5.74, 6) is 0.0699. The van der Waals surface area contributed by atoms with Crippen LogP contribution in [-0.2, 0) is 16.0 Å². The van der Waals surface area contributed by atoms with Crippen LogP contribution in [0, 0.1) is 0 Å². The van der Waals surface area contributed by atoms with Gasteiger partial charge in [0.05, 0.1) is 18.6 Å². The normalized spacial score (nSPS) is 12.9. The van der Waals surface area contributed by atoms with Crippen LogP contribution in [0.1, 0.15) is 35.3 Å². The Hall–Kier alpha value is -2.91. The van der Waals surface area contributed by atoms with Crippen LogP contribution in [-0.4, -0.2) is 25.0 Å². The summed E-state index contributed by atoms with van der Waals surface area (Å²) < 4.78 is 5.61. The zero-order chi connectivity index (χ0) is 19.8. The minimum absolute atomic E-state index is 0.0237. The second kappa shape index (κ2) is 9.86. The summed E-state index contributed by atoms with van der Waals surface area (Å²) >= 11 is 0. The van der Waals surface area contributed by atoms with Crippen molar-refractivity contribution in [3.05, 3.63) is 108 Å². The fourth-order valence-corrected chi connectivity index (χ4v) is 3.47. The van der Waals surface area contributed by atoms with Crippen molar-refractivity contribution in [2.45, 2.75) is 25.0 Å². The van der Waals surface area contributed by atoms with Crippen molar-refractivity contribution in [1.82, 2.24) is 4.90 Å². The third-order valence-electron chi connectivity index (χ3n) is 5.13. The predicted octanol–water partition coefficient (Wildman–Crippen LogP) is 5.21. The third-order valence-corrected chi connectivity index (χ3v) is 5.13. The molecule has 3 aromatic rings. The van der Waals surface area contributed by atoms with Crippen LogP contribution in [0.15, 0.2) is 91.0 Å². The zero-order valence-electron chi connectivity index (χ0n) is 16.5. The van der Waals surface area contributed by atoms with Gasteiger partial charge >= 0.3 is 0 Å². The highest BCUT2D eigenvalue weighted by Crippen LogP contribution is 2.27. The van der Waals surface area contributed by atoms with Crippen molar-refractivity contribution in [2.75, 3.05) is 14.2 Å². The van der Waals surface area contributed by atoms with Crippen LogP contribution in [0.4, 0.5) is 0 Å². The van der Waals surface area contributed by atoms with Gasteiger partial charge in [-0.2, -0.15) is 0 Å². The van der Waals surface area contributed by atoms with Gasteiger partial charge in [-0.3, -0.25) is 4.79 Å². The molecule has 0 saturated carbocycles. The molecule has 0 heterocycles. The number of rotatable bonds is 8. The number of benzene rings is 3. The molecule has 2 atom stereocenters. The highest BCUT2D eigenvalue weighted by atomic mass is 16.5. The smallest absolute Gasteiger partial charge is 0.225 e. The van der Waals surface area contributed by atoms with E-state index in [1.165, 1.54) is 5.56 Å². The van der Waals surface area contributed by atoms with Gasteiger partial charge in [-0.1, -0.05) is 91.0 Å². The SMILES string of the molecule is COC(CC(=O)N(C)C(Cc1ccccc1)c1ccccc1)c1ccccc1. The van der Waals surface area contributed by atoms with Gasteiger partial charge in [0.15, 0.2) is 0 Å². The number of ether oxygens (including phenoxy) is 1. The van der Waals surface area contributed by atoms with E-state index in [1.54, 1.807) is 7.11 Å². The first kappa shape index (κ1) is 19.8. The largest absolute Gasteiger partial charge is 0.376 e. The van der Waals surface area contributed by atoms with E-state index in [2.05, 4.69) is 24.3 Å². The number of carbonyl (C=O) groups excluding carboxylic acids is 1. The van der Waals surface area contributed by atoms with Crippen LogP contribution in [0.25, 0.3) is 0 Å². The van der Waals surface area contributed by atoms with Gasteiger partial charge in [0, 0.05) is 14.2 Å². The number of likely N-dealkylation sites (N-methyl/N-ethyl adjacent to an activating group) is 1. The summed E-state index contributed by atoms with van der Waals surface area (Å²) in [5, 5.41) is 0. The lowest BCUT2D eigenvalue weighted by atomic mass is 9.97. The molecular formula is C25H27NO2. The van der Waals surface area contributed by atoms with Crippen LogP contribution in [0.3, 0.4) is 0 Å². The molecule has 3 nitrogen and oxygen atoms in total. The molecule has 0 radical (unpaired) electrons. The van der Waals surface area contributed by atoms with Crippen molar-refractivity contribution in [3.8, 4) is 0 Å². The van der Waals surface area contributed by atoms with Gasteiger partial charge in [-0.15, -0.1) is 0 Å². The van der Waals surface area contributed by atoms with Crippen molar-refractivity contribution >= 4 is 5.91 Å². The lowest BCUT2D eigenvalue weighted by Crippen LogP contribution is -2.33. The van der Waals surface area contributed by atoms with Gasteiger partial charge in [0.25, 0.3) is 0 Å². The molecular weight excluding hydrogens is 346 g/mol. The molecule has 0 fully saturated rings. The second-order valence-electron chi connectivity index (χ2n) is 6.96. The Balaban J connectivity index is 1.79. The first-order valence-corrected chi connectivity index (χ1v) is 9.61. The van der Waals surface area contributed by atoms with E-state index < -0.39 is 0 Å². The summed E-state index contributed by atoms with van der Waals surface area (Å²) in [4.78, 5) is 15.0. The molecule has 0 saturated heterocycles. The second-order valence-corrected chi connectivity index (χ2v) is 6.96. The summed E-state index contributed by atoms with van der Waals surface area (Å²) in [6.07, 6.45) is 0.842. The molecule has 0 aliphatic carbocycles. The Morgan fingerprint density at radius 2 is 1.32 bits per heavy atom. The monoisotopic (exact) mass is 373 g/mol. The summed E-state index contributed by atoms with van der Waals surface area (Å²) in [6, 6.07) is 30.4. The maximum atomic E-state index is 13.1. The lowest BCUT2D eigenvalue weighted by Gasteiger charge is -2.30. The predicted molar refractivity (Wildman–Crippen MR) is 113 cm³/mol. The molecule has 0 aliphatic heterocycles. The Morgan fingerprint density at radius 3 is 1.86 bits per heavy atom. The molecule has 3 aromatic carbocycles. The molecule has 144 valence electrons. The first-order valence-electron chi connectivity index (χ1n) is 9.61. The number of amides is 1. The summed E-state index contributed by atoms with van der Waals surface area (Å²) in [6.45, 7) is 0. The third kappa shape index (κ3) is 5.08. The number of carbonyl (C=O) groups is 1. The number of hydrogen-bond donors (Lipinski definition) is 0. The van der Waals surface area contributed by atoms with Gasteiger partial charge < -0.3 is 9.64 Å². The lowest BCUT2D eigenvalue weighted by molar-refractivity contribution is -0.134. The van der Waals surface area contributed by atoms with Crippen LogP contribution < -0.4 is 0 Å². The molecule has 3 heteroatoms. The van der Waals surface area contributed by atoms with Gasteiger partial charge in [-0.25, -0.2) is 0 Å². The van der Waals surface area contributed by atoms with E-state index >= 15 is 0 Å². The Labute approximate surface area is 167 Å². The maximum Gasteiger partial charge on any atom is 0.225 e. The first-order chi connectivity index (χ1) is 13.7. The molecule has 0 N–H and O–H groups in total. The molecule has 0 spiro atoms. The van der Waals surface area contributed by atoms with Gasteiger partial charge in [0.1, 0.15) is 0 Å². The van der Waals surface area contributed by atoms with Crippen molar-refractivity contribution in [3.63, 3.8) is 0 Å². The minimum atomic E-state index is -0.246. The number of hydrogen-bond acceptors (Lipinski definition) is 2. The molecule has 1 amide bonds.